The highest BCUT2D eigenvalue weighted by atomic mass is 16.5. The molecule has 0 radical (unpaired) electrons. The van der Waals surface area contributed by atoms with Crippen LogP contribution in [0.25, 0.3) is 10.9 Å². The van der Waals surface area contributed by atoms with Crippen molar-refractivity contribution in [3.8, 4) is 11.5 Å². The molecule has 5 nitrogen and oxygen atoms in total. The van der Waals surface area contributed by atoms with Crippen molar-refractivity contribution in [2.24, 2.45) is 0 Å². The van der Waals surface area contributed by atoms with E-state index in [1.165, 1.54) is 0 Å². The van der Waals surface area contributed by atoms with E-state index in [4.69, 9.17) is 9.47 Å². The van der Waals surface area contributed by atoms with Crippen LogP contribution in [0.1, 0.15) is 34.6 Å². The fourth-order valence-corrected chi connectivity index (χ4v) is 2.70. The van der Waals surface area contributed by atoms with Crippen molar-refractivity contribution in [3.63, 3.8) is 0 Å². The SMILES string of the molecule is CCOc1cc(C=O)ccc1O[C@@H](C)C(=O)c1c[nH]c2ccccc12. The maximum Gasteiger partial charge on any atom is 0.205 e. The van der Waals surface area contributed by atoms with E-state index in [-0.39, 0.29) is 5.78 Å². The number of Topliss-reactive ketones (excluding diaryl/α,β-unsaturated/α-hetero) is 1. The molecule has 0 saturated carbocycles. The monoisotopic (exact) mass is 337 g/mol. The van der Waals surface area contributed by atoms with Crippen LogP contribution in [0.5, 0.6) is 11.5 Å². The number of benzene rings is 2. The van der Waals surface area contributed by atoms with Crippen molar-refractivity contribution >= 4 is 23.0 Å². The van der Waals surface area contributed by atoms with E-state index >= 15 is 0 Å². The minimum Gasteiger partial charge on any atom is -0.490 e. The predicted molar refractivity (Wildman–Crippen MR) is 95.7 cm³/mol. The Balaban J connectivity index is 1.85. The molecule has 0 saturated heterocycles. The molecule has 1 aromatic heterocycles. The number of rotatable bonds is 7. The third kappa shape index (κ3) is 3.40. The smallest absolute Gasteiger partial charge is 0.205 e. The summed E-state index contributed by atoms with van der Waals surface area (Å²) >= 11 is 0. The normalized spacial score (nSPS) is 11.9. The lowest BCUT2D eigenvalue weighted by Gasteiger charge is -2.16. The fourth-order valence-electron chi connectivity index (χ4n) is 2.70. The molecule has 0 spiro atoms. The molecule has 1 N–H and O–H groups in total. The average molecular weight is 337 g/mol. The summed E-state index contributed by atoms with van der Waals surface area (Å²) in [6, 6.07) is 12.5. The lowest BCUT2D eigenvalue weighted by Crippen LogP contribution is -2.24. The van der Waals surface area contributed by atoms with Gasteiger partial charge in [-0.3, -0.25) is 9.59 Å². The van der Waals surface area contributed by atoms with Crippen LogP contribution >= 0.6 is 0 Å². The lowest BCUT2D eigenvalue weighted by atomic mass is 10.1. The number of carbonyl (C=O) groups is 2. The van der Waals surface area contributed by atoms with Crippen LogP contribution in [0.15, 0.2) is 48.7 Å². The van der Waals surface area contributed by atoms with E-state index in [0.717, 1.165) is 17.2 Å². The quantitative estimate of drug-likeness (QED) is 0.522. The maximum absolute atomic E-state index is 12.8. The summed E-state index contributed by atoms with van der Waals surface area (Å²) in [6.45, 7) is 3.98. The van der Waals surface area contributed by atoms with Crippen LogP contribution in [0.3, 0.4) is 0 Å². The molecular formula is C20H19NO4. The van der Waals surface area contributed by atoms with Crippen molar-refractivity contribution in [3.05, 3.63) is 59.8 Å². The summed E-state index contributed by atoms with van der Waals surface area (Å²) < 4.78 is 11.3. The van der Waals surface area contributed by atoms with Gasteiger partial charge in [-0.25, -0.2) is 0 Å². The molecule has 0 bridgehead atoms. The van der Waals surface area contributed by atoms with Crippen LogP contribution in [-0.4, -0.2) is 29.8 Å². The molecule has 25 heavy (non-hydrogen) atoms. The number of aromatic nitrogens is 1. The first-order valence-corrected chi connectivity index (χ1v) is 8.13. The van der Waals surface area contributed by atoms with Gasteiger partial charge in [0.2, 0.25) is 5.78 Å². The Morgan fingerprint density at radius 3 is 2.76 bits per heavy atom. The maximum atomic E-state index is 12.8. The first-order chi connectivity index (χ1) is 12.1. The minimum atomic E-state index is -0.694. The molecule has 1 atom stereocenters. The number of ketones is 1. The number of carbonyl (C=O) groups excluding carboxylic acids is 2. The number of aldehydes is 1. The fraction of sp³-hybridized carbons (Fsp3) is 0.200. The van der Waals surface area contributed by atoms with E-state index in [9.17, 15) is 9.59 Å². The number of para-hydroxylation sites is 1. The average Bonchev–Trinajstić information content (AvgIpc) is 3.06. The number of hydrogen-bond donors (Lipinski definition) is 1. The van der Waals surface area contributed by atoms with Crippen LogP contribution in [0, 0.1) is 0 Å². The second-order valence-electron chi connectivity index (χ2n) is 5.63. The molecule has 5 heteroatoms. The van der Waals surface area contributed by atoms with Gasteiger partial charge in [-0.2, -0.15) is 0 Å². The molecular weight excluding hydrogens is 318 g/mol. The molecule has 0 aliphatic rings. The van der Waals surface area contributed by atoms with Gasteiger partial charge < -0.3 is 14.5 Å². The van der Waals surface area contributed by atoms with Crippen molar-refractivity contribution in [2.75, 3.05) is 6.61 Å². The van der Waals surface area contributed by atoms with Gasteiger partial charge >= 0.3 is 0 Å². The number of fused-ring (bicyclic) bond motifs is 1. The van der Waals surface area contributed by atoms with Gasteiger partial charge in [0.25, 0.3) is 0 Å². The second-order valence-corrected chi connectivity index (χ2v) is 5.63. The summed E-state index contributed by atoms with van der Waals surface area (Å²) in [4.78, 5) is 26.8. The summed E-state index contributed by atoms with van der Waals surface area (Å²) in [5.74, 6) is 0.762. The highest BCUT2D eigenvalue weighted by Crippen LogP contribution is 2.30. The largest absolute Gasteiger partial charge is 0.490 e. The predicted octanol–water partition coefficient (Wildman–Crippen LogP) is 4.03. The first-order valence-electron chi connectivity index (χ1n) is 8.13. The molecule has 128 valence electrons. The third-order valence-corrected chi connectivity index (χ3v) is 3.93. The summed E-state index contributed by atoms with van der Waals surface area (Å²) in [6.07, 6.45) is 1.75. The Bertz CT molecular complexity index is 913. The van der Waals surface area contributed by atoms with Gasteiger partial charge in [0, 0.05) is 28.2 Å². The zero-order valence-electron chi connectivity index (χ0n) is 14.1. The Morgan fingerprint density at radius 1 is 1.20 bits per heavy atom. The standard InChI is InChI=1S/C20H19NO4/c1-3-24-19-10-14(12-22)8-9-18(19)25-13(2)20(23)16-11-21-17-7-5-4-6-15(16)17/h4-13,21H,3H2,1-2H3/t13-/m0/s1. The van der Waals surface area contributed by atoms with E-state index in [2.05, 4.69) is 4.98 Å². The van der Waals surface area contributed by atoms with Gasteiger partial charge in [-0.05, 0) is 38.1 Å². The van der Waals surface area contributed by atoms with Crippen molar-refractivity contribution < 1.29 is 19.1 Å². The Hall–Kier alpha value is -3.08. The molecule has 0 amide bonds. The van der Waals surface area contributed by atoms with Gasteiger partial charge in [0.1, 0.15) is 6.29 Å². The highest BCUT2D eigenvalue weighted by Gasteiger charge is 2.21. The van der Waals surface area contributed by atoms with Crippen molar-refractivity contribution in [2.45, 2.75) is 20.0 Å². The van der Waals surface area contributed by atoms with Gasteiger partial charge in [0.15, 0.2) is 17.6 Å². The van der Waals surface area contributed by atoms with Crippen molar-refractivity contribution in [1.29, 1.82) is 0 Å². The van der Waals surface area contributed by atoms with E-state index in [1.807, 2.05) is 31.2 Å². The summed E-state index contributed by atoms with van der Waals surface area (Å²) in [5, 5.41) is 0.865. The third-order valence-electron chi connectivity index (χ3n) is 3.93. The molecule has 0 aliphatic carbocycles. The number of aromatic amines is 1. The van der Waals surface area contributed by atoms with Crippen LogP contribution < -0.4 is 9.47 Å². The molecule has 0 aliphatic heterocycles. The minimum absolute atomic E-state index is 0.126. The van der Waals surface area contributed by atoms with Gasteiger partial charge in [-0.15, -0.1) is 0 Å². The summed E-state index contributed by atoms with van der Waals surface area (Å²) in [5.41, 5.74) is 1.99. The second kappa shape index (κ2) is 7.21. The van der Waals surface area contributed by atoms with E-state index < -0.39 is 6.10 Å². The van der Waals surface area contributed by atoms with Crippen molar-refractivity contribution in [1.82, 2.24) is 4.98 Å². The number of hydrogen-bond acceptors (Lipinski definition) is 4. The zero-order valence-corrected chi connectivity index (χ0v) is 14.1. The van der Waals surface area contributed by atoms with Crippen LogP contribution in [0.4, 0.5) is 0 Å². The van der Waals surface area contributed by atoms with Gasteiger partial charge in [0.05, 0.1) is 6.61 Å². The Labute approximate surface area is 145 Å². The first kappa shape index (κ1) is 16.8. The lowest BCUT2D eigenvalue weighted by molar-refractivity contribution is 0.0814. The molecule has 1 heterocycles. The number of nitrogens with one attached hydrogen (secondary N) is 1. The van der Waals surface area contributed by atoms with E-state index in [1.54, 1.807) is 31.3 Å². The Morgan fingerprint density at radius 2 is 2.00 bits per heavy atom. The molecule has 3 aromatic rings. The molecule has 2 aromatic carbocycles. The number of H-pyrrole nitrogens is 1. The highest BCUT2D eigenvalue weighted by molar-refractivity contribution is 6.09. The zero-order chi connectivity index (χ0) is 17.8. The number of ether oxygens (including phenoxy) is 2. The van der Waals surface area contributed by atoms with Crippen LogP contribution in [0.2, 0.25) is 0 Å². The molecule has 0 unspecified atom stereocenters. The Kier molecular flexibility index (Phi) is 4.84. The van der Waals surface area contributed by atoms with Gasteiger partial charge in [-0.1, -0.05) is 18.2 Å². The summed E-state index contributed by atoms with van der Waals surface area (Å²) in [7, 11) is 0. The van der Waals surface area contributed by atoms with Crippen LogP contribution in [-0.2, 0) is 0 Å². The molecule has 3 rings (SSSR count). The van der Waals surface area contributed by atoms with E-state index in [0.29, 0.717) is 29.2 Å². The topological polar surface area (TPSA) is 68.4 Å². The molecule has 0 fully saturated rings.